The van der Waals surface area contributed by atoms with E-state index in [0.29, 0.717) is 16.8 Å². The number of hydrogen-bond donors (Lipinski definition) is 1. The van der Waals surface area contributed by atoms with Gasteiger partial charge in [0.05, 0.1) is 16.8 Å². The molecule has 27 heavy (non-hydrogen) atoms. The predicted octanol–water partition coefficient (Wildman–Crippen LogP) is 4.19. The number of nitrogens with two attached hydrogens (primary N) is 1. The molecule has 5 heteroatoms. The number of benzene rings is 1. The summed E-state index contributed by atoms with van der Waals surface area (Å²) in [6, 6.07) is 12.6. The molecule has 0 amide bonds. The summed E-state index contributed by atoms with van der Waals surface area (Å²) in [5, 5.41) is 20.3. The number of fused-ring (bicyclic) bond motifs is 2. The number of anilines is 1. The van der Waals surface area contributed by atoms with E-state index in [9.17, 15) is 10.5 Å². The Hall–Kier alpha value is -3.83. The summed E-state index contributed by atoms with van der Waals surface area (Å²) in [6.07, 6.45) is 4.15. The third-order valence-electron chi connectivity index (χ3n) is 5.21. The minimum Gasteiger partial charge on any atom is -0.383 e. The minimum atomic E-state index is 0.167. The molecule has 0 fully saturated rings. The lowest BCUT2D eigenvalue weighted by Gasteiger charge is -2.10. The van der Waals surface area contributed by atoms with Crippen molar-refractivity contribution in [3.8, 4) is 12.1 Å². The molecule has 0 spiro atoms. The molecule has 2 heterocycles. The second-order valence-corrected chi connectivity index (χ2v) is 6.71. The zero-order valence-corrected chi connectivity index (χ0v) is 15.3. The smallest absolute Gasteiger partial charge is 0.142 e. The second-order valence-electron chi connectivity index (χ2n) is 6.71. The maximum Gasteiger partial charge on any atom is 0.142 e. The Kier molecular flexibility index (Phi) is 3.61. The lowest BCUT2D eigenvalue weighted by molar-refractivity contribution is 0.968. The van der Waals surface area contributed by atoms with E-state index in [1.165, 1.54) is 0 Å². The van der Waals surface area contributed by atoms with Crippen LogP contribution in [0.15, 0.2) is 36.0 Å². The maximum atomic E-state index is 9.67. The Bertz CT molecular complexity index is 1270. The number of nitrogen functional groups attached to an aromatic ring is 1. The number of allylic oxidation sites excluding steroid dienone is 3. The molecule has 0 atom stereocenters. The fourth-order valence-electron chi connectivity index (χ4n) is 3.84. The molecule has 3 aromatic rings. The lowest BCUT2D eigenvalue weighted by Crippen LogP contribution is -2.03. The van der Waals surface area contributed by atoms with Crippen molar-refractivity contribution in [3.63, 3.8) is 0 Å². The minimum absolute atomic E-state index is 0.167. The van der Waals surface area contributed by atoms with Crippen LogP contribution >= 0.6 is 0 Å². The molecule has 2 N–H and O–H groups in total. The number of pyridine rings is 1. The van der Waals surface area contributed by atoms with Gasteiger partial charge in [0.25, 0.3) is 0 Å². The van der Waals surface area contributed by atoms with Gasteiger partial charge in [0.2, 0.25) is 0 Å². The quantitative estimate of drug-likeness (QED) is 0.711. The molecular weight excluding hydrogens is 334 g/mol. The van der Waals surface area contributed by atoms with Gasteiger partial charge >= 0.3 is 0 Å². The summed E-state index contributed by atoms with van der Waals surface area (Å²) in [7, 11) is 2.01. The summed E-state index contributed by atoms with van der Waals surface area (Å²) < 4.78 is 2.08. The third-order valence-corrected chi connectivity index (χ3v) is 5.21. The zero-order valence-electron chi connectivity index (χ0n) is 15.3. The summed E-state index contributed by atoms with van der Waals surface area (Å²) >= 11 is 0. The van der Waals surface area contributed by atoms with Crippen molar-refractivity contribution < 1.29 is 0 Å². The molecule has 1 aromatic carbocycles. The fourth-order valence-corrected chi connectivity index (χ4v) is 3.84. The highest BCUT2D eigenvalue weighted by molar-refractivity contribution is 6.10. The average Bonchev–Trinajstić information content (AvgIpc) is 3.10. The third kappa shape index (κ3) is 2.26. The van der Waals surface area contributed by atoms with Gasteiger partial charge in [0, 0.05) is 35.3 Å². The first-order valence-electron chi connectivity index (χ1n) is 8.56. The van der Waals surface area contributed by atoms with E-state index in [1.54, 1.807) is 0 Å². The Morgan fingerprint density at radius 1 is 1.15 bits per heavy atom. The Morgan fingerprint density at radius 3 is 2.59 bits per heavy atom. The largest absolute Gasteiger partial charge is 0.383 e. The van der Waals surface area contributed by atoms with Gasteiger partial charge in [-0.1, -0.05) is 18.2 Å². The molecule has 5 nitrogen and oxygen atoms in total. The molecule has 1 aliphatic carbocycles. The van der Waals surface area contributed by atoms with Crippen LogP contribution < -0.4 is 5.73 Å². The summed E-state index contributed by atoms with van der Waals surface area (Å²) in [5.74, 6) is 0.167. The number of aryl methyl sites for hydroxylation is 1. The van der Waals surface area contributed by atoms with E-state index in [1.807, 2.05) is 33.0 Å². The number of para-hydroxylation sites is 1. The van der Waals surface area contributed by atoms with Crippen LogP contribution in [0.25, 0.3) is 28.1 Å². The van der Waals surface area contributed by atoms with Gasteiger partial charge in [-0.3, -0.25) is 0 Å². The molecule has 0 bridgehead atoms. The Balaban J connectivity index is 2.06. The van der Waals surface area contributed by atoms with Crippen LogP contribution in [0, 0.1) is 29.6 Å². The van der Waals surface area contributed by atoms with Gasteiger partial charge in [-0.2, -0.15) is 10.5 Å². The molecule has 0 aliphatic heterocycles. The van der Waals surface area contributed by atoms with E-state index in [-0.39, 0.29) is 5.82 Å². The van der Waals surface area contributed by atoms with Crippen LogP contribution in [0.4, 0.5) is 5.82 Å². The number of nitrogens with zero attached hydrogens (tertiary/aromatic N) is 4. The zero-order chi connectivity index (χ0) is 19.3. The van der Waals surface area contributed by atoms with Crippen molar-refractivity contribution >= 4 is 33.9 Å². The van der Waals surface area contributed by atoms with Crippen LogP contribution in [0.1, 0.15) is 34.9 Å². The summed E-state index contributed by atoms with van der Waals surface area (Å²) in [5.41, 5.74) is 12.9. The number of nitriles is 2. The van der Waals surface area contributed by atoms with Crippen molar-refractivity contribution in [1.29, 1.82) is 10.5 Å². The first-order valence-corrected chi connectivity index (χ1v) is 8.56. The van der Waals surface area contributed by atoms with Gasteiger partial charge in [0.15, 0.2) is 0 Å². The fraction of sp³-hybridized carbons (Fsp3) is 0.136. The van der Waals surface area contributed by atoms with Crippen LogP contribution in [0.5, 0.6) is 0 Å². The molecule has 2 aromatic heterocycles. The van der Waals surface area contributed by atoms with Crippen molar-refractivity contribution in [2.75, 3.05) is 5.73 Å². The van der Waals surface area contributed by atoms with E-state index >= 15 is 0 Å². The van der Waals surface area contributed by atoms with E-state index < -0.39 is 0 Å². The monoisotopic (exact) mass is 351 g/mol. The van der Waals surface area contributed by atoms with Crippen molar-refractivity contribution in [2.45, 2.75) is 13.8 Å². The SMILES string of the molecule is CC1=C(C#N)c2nc(N)c(C#N)c(C)c2/C1=C/c1cn(C)c2ccccc12. The Morgan fingerprint density at radius 2 is 1.89 bits per heavy atom. The topological polar surface area (TPSA) is 91.4 Å². The molecule has 0 radical (unpaired) electrons. The summed E-state index contributed by atoms with van der Waals surface area (Å²) in [6.45, 7) is 3.78. The first kappa shape index (κ1) is 16.6. The highest BCUT2D eigenvalue weighted by atomic mass is 14.9. The molecular formula is C22H17N5. The molecule has 0 saturated carbocycles. The molecule has 0 unspecified atom stereocenters. The molecule has 130 valence electrons. The van der Waals surface area contributed by atoms with Crippen LogP contribution in [0.3, 0.4) is 0 Å². The lowest BCUT2D eigenvalue weighted by atomic mass is 9.95. The normalized spacial score (nSPS) is 14.5. The van der Waals surface area contributed by atoms with Crippen molar-refractivity contribution in [3.05, 3.63) is 64.0 Å². The standard InChI is InChI=1S/C22H17N5/c1-12-16(8-14-11-27(3)19-7-5-4-6-15(14)19)20-13(2)18(10-24)22(25)26-21(20)17(12)9-23/h4-8,11H,1-3H3,(H2,25,26)/b16-8+. The van der Waals surface area contributed by atoms with Crippen LogP contribution in [-0.4, -0.2) is 9.55 Å². The first-order chi connectivity index (χ1) is 13.0. The number of hydrogen-bond acceptors (Lipinski definition) is 4. The van der Waals surface area contributed by atoms with E-state index in [4.69, 9.17) is 5.73 Å². The summed E-state index contributed by atoms with van der Waals surface area (Å²) in [4.78, 5) is 4.38. The van der Waals surface area contributed by atoms with Crippen LogP contribution in [0.2, 0.25) is 0 Å². The van der Waals surface area contributed by atoms with Crippen LogP contribution in [-0.2, 0) is 7.05 Å². The highest BCUT2D eigenvalue weighted by Crippen LogP contribution is 2.44. The maximum absolute atomic E-state index is 9.67. The number of rotatable bonds is 1. The predicted molar refractivity (Wildman–Crippen MR) is 107 cm³/mol. The highest BCUT2D eigenvalue weighted by Gasteiger charge is 2.29. The van der Waals surface area contributed by atoms with Gasteiger partial charge in [-0.15, -0.1) is 0 Å². The van der Waals surface area contributed by atoms with Gasteiger partial charge in [0.1, 0.15) is 18.0 Å². The van der Waals surface area contributed by atoms with Gasteiger partial charge < -0.3 is 10.3 Å². The van der Waals surface area contributed by atoms with Gasteiger partial charge in [-0.25, -0.2) is 4.98 Å². The average molecular weight is 351 g/mol. The van der Waals surface area contributed by atoms with Gasteiger partial charge in [-0.05, 0) is 42.7 Å². The molecule has 0 saturated heterocycles. The van der Waals surface area contributed by atoms with Crippen molar-refractivity contribution in [2.24, 2.45) is 7.05 Å². The molecule has 4 rings (SSSR count). The van der Waals surface area contributed by atoms with Crippen molar-refractivity contribution in [1.82, 2.24) is 9.55 Å². The molecule has 1 aliphatic rings. The Labute approximate surface area is 157 Å². The number of aromatic nitrogens is 2. The van der Waals surface area contributed by atoms with E-state index in [2.05, 4.69) is 46.1 Å². The second kappa shape index (κ2) is 5.86. The van der Waals surface area contributed by atoms with E-state index in [0.717, 1.165) is 38.7 Å².